The van der Waals surface area contributed by atoms with Crippen LogP contribution in [-0.4, -0.2) is 26.0 Å². The molecule has 0 radical (unpaired) electrons. The zero-order valence-electron chi connectivity index (χ0n) is 12.5. The number of para-hydroxylation sites is 1. The lowest BCUT2D eigenvalue weighted by atomic mass is 10.0. The molecule has 0 unspecified atom stereocenters. The van der Waals surface area contributed by atoms with Crippen molar-refractivity contribution < 1.29 is 4.52 Å². The van der Waals surface area contributed by atoms with E-state index in [-0.39, 0.29) is 6.04 Å². The van der Waals surface area contributed by atoms with Crippen molar-refractivity contribution in [1.82, 2.24) is 19.9 Å². The number of benzene rings is 1. The van der Waals surface area contributed by atoms with Crippen molar-refractivity contribution >= 4 is 0 Å². The van der Waals surface area contributed by atoms with Gasteiger partial charge in [-0.05, 0) is 42.9 Å². The topological polar surface area (TPSA) is 82.8 Å². The lowest BCUT2D eigenvalue weighted by Crippen LogP contribution is -2.19. The van der Waals surface area contributed by atoms with Crippen LogP contribution < -0.4 is 5.73 Å². The van der Waals surface area contributed by atoms with E-state index in [4.69, 9.17) is 10.3 Å². The summed E-state index contributed by atoms with van der Waals surface area (Å²) in [6, 6.07) is 12.2. The van der Waals surface area contributed by atoms with Crippen molar-refractivity contribution in [3.8, 4) is 17.2 Å². The third-order valence-electron chi connectivity index (χ3n) is 5.08. The number of hydrogen-bond acceptors (Lipinski definition) is 5. The monoisotopic (exact) mass is 307 g/mol. The van der Waals surface area contributed by atoms with Gasteiger partial charge in [0.15, 0.2) is 0 Å². The lowest BCUT2D eigenvalue weighted by Gasteiger charge is -2.07. The zero-order chi connectivity index (χ0) is 15.4. The van der Waals surface area contributed by atoms with Crippen LogP contribution in [-0.2, 0) is 0 Å². The van der Waals surface area contributed by atoms with Gasteiger partial charge >= 0.3 is 0 Å². The molecule has 0 saturated heterocycles. The maximum Gasteiger partial charge on any atom is 0.230 e. The van der Waals surface area contributed by atoms with Crippen LogP contribution in [0.15, 0.2) is 47.1 Å². The molecule has 1 aromatic carbocycles. The van der Waals surface area contributed by atoms with Gasteiger partial charge in [-0.25, -0.2) is 4.68 Å². The molecule has 2 fully saturated rings. The second kappa shape index (κ2) is 4.76. The third kappa shape index (κ3) is 2.09. The fraction of sp³-hybridized carbons (Fsp3) is 0.353. The van der Waals surface area contributed by atoms with Gasteiger partial charge in [0.2, 0.25) is 11.7 Å². The average molecular weight is 307 g/mol. The molecule has 4 atom stereocenters. The Morgan fingerprint density at radius 1 is 1.09 bits per heavy atom. The second-order valence-corrected chi connectivity index (χ2v) is 6.51. The molecule has 2 saturated carbocycles. The Labute approximate surface area is 133 Å². The maximum absolute atomic E-state index is 6.13. The molecule has 0 amide bonds. The first-order valence-corrected chi connectivity index (χ1v) is 8.00. The van der Waals surface area contributed by atoms with Gasteiger partial charge in [0.25, 0.3) is 0 Å². The Bertz CT molecular complexity index is 840. The highest BCUT2D eigenvalue weighted by atomic mass is 16.5. The molecule has 6 heteroatoms. The molecule has 0 spiro atoms. The van der Waals surface area contributed by atoms with E-state index in [0.717, 1.165) is 23.7 Å². The minimum atomic E-state index is 0.289. The first-order valence-electron chi connectivity index (χ1n) is 8.00. The molecule has 116 valence electrons. The maximum atomic E-state index is 6.13. The Balaban J connectivity index is 1.42. The summed E-state index contributed by atoms with van der Waals surface area (Å²) < 4.78 is 7.31. The molecule has 0 aliphatic heterocycles. The van der Waals surface area contributed by atoms with Crippen molar-refractivity contribution in [3.05, 3.63) is 48.5 Å². The fourth-order valence-electron chi connectivity index (χ4n) is 3.77. The Morgan fingerprint density at radius 3 is 2.70 bits per heavy atom. The van der Waals surface area contributed by atoms with Gasteiger partial charge in [-0.1, -0.05) is 23.4 Å². The molecule has 2 N–H and O–H groups in total. The number of rotatable bonds is 3. The van der Waals surface area contributed by atoms with Crippen LogP contribution in [0.4, 0.5) is 0 Å². The number of hydrogen-bond donors (Lipinski definition) is 1. The van der Waals surface area contributed by atoms with Gasteiger partial charge in [0, 0.05) is 18.2 Å². The molecule has 3 aromatic rings. The largest absolute Gasteiger partial charge is 0.339 e. The smallest absolute Gasteiger partial charge is 0.230 e. The van der Waals surface area contributed by atoms with E-state index in [0.29, 0.717) is 23.6 Å². The zero-order valence-corrected chi connectivity index (χ0v) is 12.5. The van der Waals surface area contributed by atoms with Crippen molar-refractivity contribution in [1.29, 1.82) is 0 Å². The Kier molecular flexibility index (Phi) is 2.69. The van der Waals surface area contributed by atoms with Crippen molar-refractivity contribution in [2.75, 3.05) is 0 Å². The SMILES string of the molecule is N[C@H]1C[C@@H](c2nc(-c3ccn(-c4ccccc4)n3)no2)[C@@H]2C[C@@H]21. The number of fused-ring (bicyclic) bond motifs is 1. The van der Waals surface area contributed by atoms with Crippen LogP contribution in [0.25, 0.3) is 17.2 Å². The highest BCUT2D eigenvalue weighted by Gasteiger charge is 2.55. The normalized spacial score (nSPS) is 28.7. The lowest BCUT2D eigenvalue weighted by molar-refractivity contribution is 0.341. The van der Waals surface area contributed by atoms with E-state index in [1.807, 2.05) is 47.3 Å². The van der Waals surface area contributed by atoms with Crippen molar-refractivity contribution in [3.63, 3.8) is 0 Å². The molecule has 2 aliphatic carbocycles. The van der Waals surface area contributed by atoms with Crippen LogP contribution in [0, 0.1) is 11.8 Å². The van der Waals surface area contributed by atoms with E-state index < -0.39 is 0 Å². The van der Waals surface area contributed by atoms with Crippen LogP contribution in [0.3, 0.4) is 0 Å². The quantitative estimate of drug-likeness (QED) is 0.803. The summed E-state index contributed by atoms with van der Waals surface area (Å²) in [5.41, 5.74) is 7.85. The van der Waals surface area contributed by atoms with E-state index in [9.17, 15) is 0 Å². The molecule has 2 heterocycles. The molecular weight excluding hydrogens is 290 g/mol. The van der Waals surface area contributed by atoms with Crippen molar-refractivity contribution in [2.24, 2.45) is 17.6 Å². The predicted octanol–water partition coefficient (Wildman–Crippen LogP) is 2.37. The minimum Gasteiger partial charge on any atom is -0.339 e. The molecule has 5 rings (SSSR count). The van der Waals surface area contributed by atoms with Gasteiger partial charge in [-0.15, -0.1) is 0 Å². The summed E-state index contributed by atoms with van der Waals surface area (Å²) in [4.78, 5) is 4.57. The van der Waals surface area contributed by atoms with Crippen LogP contribution >= 0.6 is 0 Å². The summed E-state index contributed by atoms with van der Waals surface area (Å²) in [6.45, 7) is 0. The molecule has 6 nitrogen and oxygen atoms in total. The van der Waals surface area contributed by atoms with Gasteiger partial charge in [-0.2, -0.15) is 10.1 Å². The first-order chi connectivity index (χ1) is 11.3. The fourth-order valence-corrected chi connectivity index (χ4v) is 3.77. The van der Waals surface area contributed by atoms with Crippen molar-refractivity contribution in [2.45, 2.75) is 24.8 Å². The first kappa shape index (κ1) is 13.0. The summed E-state index contributed by atoms with van der Waals surface area (Å²) in [5, 5.41) is 8.66. The summed E-state index contributed by atoms with van der Waals surface area (Å²) in [7, 11) is 0. The number of nitrogens with zero attached hydrogens (tertiary/aromatic N) is 4. The second-order valence-electron chi connectivity index (χ2n) is 6.51. The number of aromatic nitrogens is 4. The van der Waals surface area contributed by atoms with E-state index in [2.05, 4.69) is 15.2 Å². The van der Waals surface area contributed by atoms with E-state index in [1.165, 1.54) is 6.42 Å². The van der Waals surface area contributed by atoms with E-state index in [1.54, 1.807) is 0 Å². The van der Waals surface area contributed by atoms with Gasteiger partial charge in [0.05, 0.1) is 5.69 Å². The molecule has 2 aromatic heterocycles. The Hall–Kier alpha value is -2.47. The van der Waals surface area contributed by atoms with Crippen LogP contribution in [0.2, 0.25) is 0 Å². The molecular formula is C17H17N5O. The minimum absolute atomic E-state index is 0.289. The highest BCUT2D eigenvalue weighted by Crippen LogP contribution is 2.58. The average Bonchev–Trinajstić information content (AvgIpc) is 2.93. The standard InChI is InChI=1S/C17H17N5O/c18-14-9-13(11-8-12(11)14)17-19-16(21-23-17)15-6-7-22(20-15)10-4-2-1-3-5-10/h1-7,11-14H,8-9,18H2/t11-,12+,13-,14+/m1/s1. The molecule has 2 aliphatic rings. The summed E-state index contributed by atoms with van der Waals surface area (Å²) >= 11 is 0. The molecule has 23 heavy (non-hydrogen) atoms. The Morgan fingerprint density at radius 2 is 1.96 bits per heavy atom. The number of nitrogens with two attached hydrogens (primary N) is 1. The molecule has 0 bridgehead atoms. The predicted molar refractivity (Wildman–Crippen MR) is 83.8 cm³/mol. The van der Waals surface area contributed by atoms with Gasteiger partial charge < -0.3 is 10.3 Å². The third-order valence-corrected chi connectivity index (χ3v) is 5.08. The van der Waals surface area contributed by atoms with Gasteiger partial charge in [-0.3, -0.25) is 0 Å². The highest BCUT2D eigenvalue weighted by molar-refractivity contribution is 5.48. The summed E-state index contributed by atoms with van der Waals surface area (Å²) in [5.74, 6) is 2.89. The summed E-state index contributed by atoms with van der Waals surface area (Å²) in [6.07, 6.45) is 4.06. The van der Waals surface area contributed by atoms with Crippen LogP contribution in [0.1, 0.15) is 24.7 Å². The van der Waals surface area contributed by atoms with Gasteiger partial charge in [0.1, 0.15) is 5.69 Å². The van der Waals surface area contributed by atoms with Crippen LogP contribution in [0.5, 0.6) is 0 Å². The van der Waals surface area contributed by atoms with E-state index >= 15 is 0 Å².